The van der Waals surface area contributed by atoms with Crippen molar-refractivity contribution in [2.45, 2.75) is 27.7 Å². The normalized spacial score (nSPS) is 11.3. The summed E-state index contributed by atoms with van der Waals surface area (Å²) in [6.45, 7) is 8.50. The van der Waals surface area contributed by atoms with E-state index in [0.717, 1.165) is 45.3 Å². The lowest BCUT2D eigenvalue weighted by Gasteiger charge is -2.26. The molecule has 7 aromatic carbocycles. The van der Waals surface area contributed by atoms with Crippen molar-refractivity contribution in [2.75, 3.05) is 9.80 Å². The minimum absolute atomic E-state index is 1.13. The molecule has 0 atom stereocenters. The zero-order valence-electron chi connectivity index (χ0n) is 30.4. The summed E-state index contributed by atoms with van der Waals surface area (Å²) in [4.78, 5) is 4.61. The molecule has 254 valence electrons. The van der Waals surface area contributed by atoms with Gasteiger partial charge >= 0.3 is 0 Å². The molecule has 0 N–H and O–H groups in total. The molecule has 0 aromatic heterocycles. The lowest BCUT2D eigenvalue weighted by molar-refractivity contribution is 1.27. The summed E-state index contributed by atoms with van der Waals surface area (Å²) in [6, 6.07) is 61.0. The molecule has 0 aliphatic heterocycles. The third-order valence-corrected chi connectivity index (χ3v) is 9.38. The minimum Gasteiger partial charge on any atom is -0.311 e. The van der Waals surface area contributed by atoms with Gasteiger partial charge in [-0.05, 0) is 123 Å². The van der Waals surface area contributed by atoms with E-state index in [0.29, 0.717) is 0 Å². The Bertz CT molecular complexity index is 2020. The second-order valence-electron chi connectivity index (χ2n) is 13.5. The molecule has 0 fully saturated rings. The van der Waals surface area contributed by atoms with E-state index in [2.05, 4.69) is 232 Å². The molecule has 2 heteroatoms. The average molecular weight is 673 g/mol. The van der Waals surface area contributed by atoms with Crippen molar-refractivity contribution in [3.8, 4) is 0 Å². The first kappa shape index (κ1) is 34.1. The summed E-state index contributed by atoms with van der Waals surface area (Å²) < 4.78 is 0. The first-order valence-corrected chi connectivity index (χ1v) is 17.9. The van der Waals surface area contributed by atoms with Crippen LogP contribution in [0.5, 0.6) is 0 Å². The molecule has 0 radical (unpaired) electrons. The first-order chi connectivity index (χ1) is 25.4. The molecule has 0 aliphatic rings. The van der Waals surface area contributed by atoms with Gasteiger partial charge in [0.25, 0.3) is 0 Å². The smallest absolute Gasteiger partial charge is 0.0462 e. The fourth-order valence-corrected chi connectivity index (χ4v) is 6.33. The van der Waals surface area contributed by atoms with Crippen LogP contribution in [0.25, 0.3) is 24.3 Å². The van der Waals surface area contributed by atoms with Crippen LogP contribution >= 0.6 is 0 Å². The summed E-state index contributed by atoms with van der Waals surface area (Å²) in [6.07, 6.45) is 8.79. The Kier molecular flexibility index (Phi) is 10.3. The third-order valence-electron chi connectivity index (χ3n) is 9.38. The van der Waals surface area contributed by atoms with Gasteiger partial charge in [-0.1, -0.05) is 144 Å². The standard InChI is InChI=1S/C50H44N2/c1-37-9-25-45(26-10-37)51(46-27-11-38(2)12-28-46)49-33-19-41(20-34-49)17-23-43-7-5-6-8-44(43)24-18-42-21-35-50(36-22-42)52(47-29-13-39(3)14-30-47)48-31-15-40(4)16-32-48/h5-36H,1-4H3/b23-17+,24-18+. The molecule has 0 aliphatic carbocycles. The number of benzene rings is 7. The molecule has 0 heterocycles. The Balaban J connectivity index is 1.09. The number of anilines is 6. The van der Waals surface area contributed by atoms with Crippen molar-refractivity contribution in [3.63, 3.8) is 0 Å². The number of nitrogens with zero attached hydrogens (tertiary/aromatic N) is 2. The van der Waals surface area contributed by atoms with Gasteiger partial charge in [-0.25, -0.2) is 0 Å². The molecule has 0 saturated carbocycles. The Hall–Kier alpha value is -6.38. The molecule has 0 unspecified atom stereocenters. The second kappa shape index (κ2) is 15.7. The molecule has 52 heavy (non-hydrogen) atoms. The van der Waals surface area contributed by atoms with E-state index < -0.39 is 0 Å². The first-order valence-electron chi connectivity index (χ1n) is 17.9. The molecule has 0 amide bonds. The lowest BCUT2D eigenvalue weighted by Crippen LogP contribution is -2.09. The van der Waals surface area contributed by atoms with Crippen molar-refractivity contribution >= 4 is 58.4 Å². The van der Waals surface area contributed by atoms with E-state index in [9.17, 15) is 0 Å². The average Bonchev–Trinajstić information content (AvgIpc) is 3.18. The van der Waals surface area contributed by atoms with Crippen molar-refractivity contribution in [1.29, 1.82) is 0 Å². The number of rotatable bonds is 10. The highest BCUT2D eigenvalue weighted by atomic mass is 15.1. The number of hydrogen-bond donors (Lipinski definition) is 0. The van der Waals surface area contributed by atoms with Gasteiger partial charge in [0.15, 0.2) is 0 Å². The van der Waals surface area contributed by atoms with Crippen LogP contribution in [0, 0.1) is 27.7 Å². The Labute approximate surface area is 309 Å². The van der Waals surface area contributed by atoms with Gasteiger partial charge in [-0.2, -0.15) is 0 Å². The molecule has 0 saturated heterocycles. The monoisotopic (exact) mass is 672 g/mol. The predicted octanol–water partition coefficient (Wildman–Crippen LogP) is 14.2. The van der Waals surface area contributed by atoms with E-state index >= 15 is 0 Å². The maximum absolute atomic E-state index is 2.31. The Morgan fingerprint density at radius 2 is 0.500 bits per heavy atom. The van der Waals surface area contributed by atoms with E-state index in [-0.39, 0.29) is 0 Å². The zero-order chi connectivity index (χ0) is 35.9. The number of aryl methyl sites for hydroxylation is 4. The quantitative estimate of drug-likeness (QED) is 0.133. The van der Waals surface area contributed by atoms with Gasteiger partial charge in [0.2, 0.25) is 0 Å². The van der Waals surface area contributed by atoms with E-state index in [4.69, 9.17) is 0 Å². The van der Waals surface area contributed by atoms with Crippen molar-refractivity contribution in [3.05, 3.63) is 214 Å². The fraction of sp³-hybridized carbons (Fsp3) is 0.0800. The molecule has 7 aromatic rings. The summed E-state index contributed by atoms with van der Waals surface area (Å²) in [7, 11) is 0. The maximum Gasteiger partial charge on any atom is 0.0462 e. The predicted molar refractivity (Wildman–Crippen MR) is 225 cm³/mol. The molecular weight excluding hydrogens is 629 g/mol. The van der Waals surface area contributed by atoms with E-state index in [1.807, 2.05) is 0 Å². The van der Waals surface area contributed by atoms with Crippen molar-refractivity contribution in [1.82, 2.24) is 0 Å². The lowest BCUT2D eigenvalue weighted by atomic mass is 10.0. The molecule has 2 nitrogen and oxygen atoms in total. The molecular formula is C50H44N2. The van der Waals surface area contributed by atoms with Gasteiger partial charge in [0.05, 0.1) is 0 Å². The highest BCUT2D eigenvalue weighted by Gasteiger charge is 2.13. The highest BCUT2D eigenvalue weighted by Crippen LogP contribution is 2.36. The van der Waals surface area contributed by atoms with Crippen LogP contribution in [0.3, 0.4) is 0 Å². The van der Waals surface area contributed by atoms with Gasteiger partial charge in [-0.3, -0.25) is 0 Å². The van der Waals surface area contributed by atoms with Crippen LogP contribution in [0.2, 0.25) is 0 Å². The molecule has 7 rings (SSSR count). The minimum atomic E-state index is 1.13. The maximum atomic E-state index is 2.31. The topological polar surface area (TPSA) is 6.48 Å². The highest BCUT2D eigenvalue weighted by molar-refractivity contribution is 5.82. The van der Waals surface area contributed by atoms with Crippen LogP contribution in [-0.2, 0) is 0 Å². The van der Waals surface area contributed by atoms with Crippen LogP contribution in [0.15, 0.2) is 170 Å². The third kappa shape index (κ3) is 8.15. The van der Waals surface area contributed by atoms with E-state index in [1.54, 1.807) is 0 Å². The van der Waals surface area contributed by atoms with Gasteiger partial charge < -0.3 is 9.80 Å². The Morgan fingerprint density at radius 3 is 0.750 bits per heavy atom. The van der Waals surface area contributed by atoms with Gasteiger partial charge in [0, 0.05) is 34.1 Å². The van der Waals surface area contributed by atoms with Gasteiger partial charge in [-0.15, -0.1) is 0 Å². The molecule has 0 spiro atoms. The van der Waals surface area contributed by atoms with Gasteiger partial charge in [0.1, 0.15) is 0 Å². The summed E-state index contributed by atoms with van der Waals surface area (Å²) >= 11 is 0. The summed E-state index contributed by atoms with van der Waals surface area (Å²) in [5.74, 6) is 0. The van der Waals surface area contributed by atoms with E-state index in [1.165, 1.54) is 33.4 Å². The SMILES string of the molecule is Cc1ccc(N(c2ccc(C)cc2)c2ccc(/C=C/c3ccccc3/C=C/c3ccc(N(c4ccc(C)cc4)c4ccc(C)cc4)cc3)cc2)cc1. The van der Waals surface area contributed by atoms with Crippen molar-refractivity contribution in [2.24, 2.45) is 0 Å². The summed E-state index contributed by atoms with van der Waals surface area (Å²) in [5.41, 5.74) is 16.5. The second-order valence-corrected chi connectivity index (χ2v) is 13.5. The summed E-state index contributed by atoms with van der Waals surface area (Å²) in [5, 5.41) is 0. The fourth-order valence-electron chi connectivity index (χ4n) is 6.33. The zero-order valence-corrected chi connectivity index (χ0v) is 30.4. The number of hydrogen-bond acceptors (Lipinski definition) is 2. The van der Waals surface area contributed by atoms with Crippen molar-refractivity contribution < 1.29 is 0 Å². The van der Waals surface area contributed by atoms with Crippen LogP contribution < -0.4 is 9.80 Å². The van der Waals surface area contributed by atoms with Crippen LogP contribution in [0.1, 0.15) is 44.5 Å². The Morgan fingerprint density at radius 1 is 0.269 bits per heavy atom. The molecule has 0 bridgehead atoms. The largest absolute Gasteiger partial charge is 0.311 e. The van der Waals surface area contributed by atoms with Crippen LogP contribution in [0.4, 0.5) is 34.1 Å². The van der Waals surface area contributed by atoms with Crippen LogP contribution in [-0.4, -0.2) is 0 Å².